The summed E-state index contributed by atoms with van der Waals surface area (Å²) in [4.78, 5) is 32.0. The molecule has 1 amide bonds. The van der Waals surface area contributed by atoms with Gasteiger partial charge in [0.1, 0.15) is 11.6 Å². The van der Waals surface area contributed by atoms with E-state index in [0.29, 0.717) is 17.0 Å². The lowest BCUT2D eigenvalue weighted by molar-refractivity contribution is -0.125. The molecule has 2 heterocycles. The molecule has 0 spiro atoms. The van der Waals surface area contributed by atoms with Crippen LogP contribution in [0.2, 0.25) is 0 Å². The largest absolute Gasteiger partial charge is 0.479 e. The third-order valence-corrected chi connectivity index (χ3v) is 6.53. The standard InChI is InChI=1S/C27H21FN2O3S/c1-17-27(32)30(15-24(31)19-7-10-21(28)11-8-19)23-14-20(9-12-25(23)33-17)22-16-34-26(29-22)13-18-5-3-2-4-6-18/h2-12,14,16-17H,13,15H2,1H3. The number of rotatable bonds is 6. The molecule has 7 heteroatoms. The fourth-order valence-corrected chi connectivity index (χ4v) is 4.73. The van der Waals surface area contributed by atoms with Crippen molar-refractivity contribution in [1.29, 1.82) is 0 Å². The van der Waals surface area contributed by atoms with E-state index in [1.54, 1.807) is 24.3 Å². The van der Waals surface area contributed by atoms with Crippen LogP contribution in [-0.2, 0) is 11.2 Å². The van der Waals surface area contributed by atoms with Gasteiger partial charge < -0.3 is 4.74 Å². The molecule has 0 N–H and O–H groups in total. The summed E-state index contributed by atoms with van der Waals surface area (Å²) in [6.45, 7) is 1.50. The lowest BCUT2D eigenvalue weighted by atomic mass is 10.1. The second-order valence-electron chi connectivity index (χ2n) is 8.09. The number of halogens is 1. The van der Waals surface area contributed by atoms with Crippen molar-refractivity contribution >= 4 is 28.7 Å². The van der Waals surface area contributed by atoms with Gasteiger partial charge in [-0.05, 0) is 55.0 Å². The van der Waals surface area contributed by atoms with Crippen LogP contribution in [0.1, 0.15) is 27.9 Å². The maximum atomic E-state index is 13.3. The van der Waals surface area contributed by atoms with E-state index < -0.39 is 11.9 Å². The first-order chi connectivity index (χ1) is 16.5. The zero-order valence-electron chi connectivity index (χ0n) is 18.4. The lowest BCUT2D eigenvalue weighted by Crippen LogP contribution is -2.46. The fraction of sp³-hybridized carbons (Fsp3) is 0.148. The average Bonchev–Trinajstić information content (AvgIpc) is 3.31. The molecule has 1 atom stereocenters. The van der Waals surface area contributed by atoms with Crippen molar-refractivity contribution in [3.8, 4) is 17.0 Å². The van der Waals surface area contributed by atoms with Gasteiger partial charge in [0.15, 0.2) is 11.9 Å². The smallest absolute Gasteiger partial charge is 0.268 e. The lowest BCUT2D eigenvalue weighted by Gasteiger charge is -2.33. The Morgan fingerprint density at radius 3 is 2.62 bits per heavy atom. The van der Waals surface area contributed by atoms with Crippen molar-refractivity contribution in [3.05, 3.63) is 100 Å². The summed E-state index contributed by atoms with van der Waals surface area (Å²) in [6.07, 6.45) is 0.0320. The summed E-state index contributed by atoms with van der Waals surface area (Å²) in [6, 6.07) is 21.0. The highest BCUT2D eigenvalue weighted by atomic mass is 32.1. The molecule has 1 aromatic heterocycles. The number of ketones is 1. The zero-order chi connectivity index (χ0) is 23.7. The molecule has 0 fully saturated rings. The summed E-state index contributed by atoms with van der Waals surface area (Å²) in [7, 11) is 0. The molecular formula is C27H21FN2O3S. The zero-order valence-corrected chi connectivity index (χ0v) is 19.2. The molecule has 1 aliphatic heterocycles. The number of thiazole rings is 1. The minimum absolute atomic E-state index is 0.162. The number of hydrogen-bond acceptors (Lipinski definition) is 5. The van der Waals surface area contributed by atoms with E-state index in [-0.39, 0.29) is 18.2 Å². The molecule has 5 rings (SSSR count). The maximum absolute atomic E-state index is 13.3. The number of fused-ring (bicyclic) bond motifs is 1. The SMILES string of the molecule is CC1Oc2ccc(-c3csc(Cc4ccccc4)n3)cc2N(CC(=O)c2ccc(F)cc2)C1=O. The van der Waals surface area contributed by atoms with Gasteiger partial charge in [0.25, 0.3) is 5.91 Å². The highest BCUT2D eigenvalue weighted by Gasteiger charge is 2.33. The Morgan fingerprint density at radius 1 is 1.09 bits per heavy atom. The van der Waals surface area contributed by atoms with Crippen molar-refractivity contribution in [1.82, 2.24) is 4.98 Å². The van der Waals surface area contributed by atoms with Crippen LogP contribution in [0.4, 0.5) is 10.1 Å². The van der Waals surface area contributed by atoms with Crippen LogP contribution in [0.3, 0.4) is 0 Å². The van der Waals surface area contributed by atoms with Crippen molar-refractivity contribution in [2.24, 2.45) is 0 Å². The number of aromatic nitrogens is 1. The number of hydrogen-bond donors (Lipinski definition) is 0. The molecule has 0 saturated carbocycles. The maximum Gasteiger partial charge on any atom is 0.268 e. The monoisotopic (exact) mass is 472 g/mol. The van der Waals surface area contributed by atoms with Crippen LogP contribution < -0.4 is 9.64 Å². The molecule has 170 valence electrons. The molecule has 3 aromatic carbocycles. The van der Waals surface area contributed by atoms with Gasteiger partial charge >= 0.3 is 0 Å². The van der Waals surface area contributed by atoms with Gasteiger partial charge in [-0.1, -0.05) is 30.3 Å². The van der Waals surface area contributed by atoms with E-state index in [2.05, 4.69) is 12.1 Å². The highest BCUT2D eigenvalue weighted by Crippen LogP contribution is 2.38. The van der Waals surface area contributed by atoms with E-state index in [1.165, 1.54) is 34.7 Å². The summed E-state index contributed by atoms with van der Waals surface area (Å²) >= 11 is 1.58. The Bertz CT molecular complexity index is 1350. The van der Waals surface area contributed by atoms with Crippen LogP contribution in [0.25, 0.3) is 11.3 Å². The summed E-state index contributed by atoms with van der Waals surface area (Å²) in [5.74, 6) is -0.472. The number of nitrogens with zero attached hydrogens (tertiary/aromatic N) is 2. The predicted molar refractivity (Wildman–Crippen MR) is 130 cm³/mol. The first-order valence-electron chi connectivity index (χ1n) is 10.9. The number of carbonyl (C=O) groups is 2. The molecular weight excluding hydrogens is 451 g/mol. The van der Waals surface area contributed by atoms with Crippen LogP contribution in [0.5, 0.6) is 5.75 Å². The molecule has 0 aliphatic carbocycles. The third-order valence-electron chi connectivity index (χ3n) is 5.68. The van der Waals surface area contributed by atoms with Crippen LogP contribution >= 0.6 is 11.3 Å². The minimum atomic E-state index is -0.712. The quantitative estimate of drug-likeness (QED) is 0.346. The molecule has 34 heavy (non-hydrogen) atoms. The van der Waals surface area contributed by atoms with E-state index in [1.807, 2.05) is 35.7 Å². The van der Waals surface area contributed by atoms with Crippen molar-refractivity contribution in [2.75, 3.05) is 11.4 Å². The normalized spacial score (nSPS) is 15.1. The molecule has 4 aromatic rings. The molecule has 0 bridgehead atoms. The van der Waals surface area contributed by atoms with Crippen molar-refractivity contribution in [3.63, 3.8) is 0 Å². The highest BCUT2D eigenvalue weighted by molar-refractivity contribution is 7.10. The minimum Gasteiger partial charge on any atom is -0.479 e. The van der Waals surface area contributed by atoms with Crippen LogP contribution in [0, 0.1) is 5.82 Å². The van der Waals surface area contributed by atoms with Crippen molar-refractivity contribution in [2.45, 2.75) is 19.4 Å². The number of anilines is 1. The second-order valence-corrected chi connectivity index (χ2v) is 9.03. The van der Waals surface area contributed by atoms with Gasteiger partial charge in [0.05, 0.1) is 22.9 Å². The third kappa shape index (κ3) is 4.47. The Labute approximate surface area is 200 Å². The fourth-order valence-electron chi connectivity index (χ4n) is 3.90. The van der Waals surface area contributed by atoms with Gasteiger partial charge in [-0.2, -0.15) is 0 Å². The van der Waals surface area contributed by atoms with E-state index >= 15 is 0 Å². The summed E-state index contributed by atoms with van der Waals surface area (Å²) in [5.41, 5.74) is 3.69. The Kier molecular flexibility index (Phi) is 5.94. The Morgan fingerprint density at radius 2 is 1.85 bits per heavy atom. The number of benzene rings is 3. The predicted octanol–water partition coefficient (Wildman–Crippen LogP) is 5.54. The number of amides is 1. The number of Topliss-reactive ketones (excluding diaryl/α,β-unsaturated/α-hetero) is 1. The van der Waals surface area contributed by atoms with Crippen molar-refractivity contribution < 1.29 is 18.7 Å². The summed E-state index contributed by atoms with van der Waals surface area (Å²) in [5, 5.41) is 2.98. The number of carbonyl (C=O) groups excluding carboxylic acids is 2. The van der Waals surface area contributed by atoms with Crippen LogP contribution in [0.15, 0.2) is 78.2 Å². The Hall–Kier alpha value is -3.84. The first kappa shape index (κ1) is 22.0. The molecule has 1 aliphatic rings. The molecule has 5 nitrogen and oxygen atoms in total. The van der Waals surface area contributed by atoms with Gasteiger partial charge in [-0.15, -0.1) is 11.3 Å². The van der Waals surface area contributed by atoms with E-state index in [0.717, 1.165) is 22.7 Å². The Balaban J connectivity index is 1.43. The van der Waals surface area contributed by atoms with Gasteiger partial charge in [-0.25, -0.2) is 9.37 Å². The molecule has 0 saturated heterocycles. The second kappa shape index (κ2) is 9.19. The van der Waals surface area contributed by atoms with E-state index in [9.17, 15) is 14.0 Å². The van der Waals surface area contributed by atoms with Gasteiger partial charge in [0.2, 0.25) is 0 Å². The van der Waals surface area contributed by atoms with Crippen LogP contribution in [-0.4, -0.2) is 29.3 Å². The summed E-state index contributed by atoms with van der Waals surface area (Å²) < 4.78 is 19.0. The van der Waals surface area contributed by atoms with Gasteiger partial charge in [-0.3, -0.25) is 14.5 Å². The topological polar surface area (TPSA) is 59.5 Å². The number of ether oxygens (including phenoxy) is 1. The van der Waals surface area contributed by atoms with E-state index in [4.69, 9.17) is 9.72 Å². The average molecular weight is 473 g/mol. The molecule has 0 radical (unpaired) electrons. The first-order valence-corrected chi connectivity index (χ1v) is 11.8. The van der Waals surface area contributed by atoms with Gasteiger partial charge in [0, 0.05) is 22.9 Å². The molecule has 1 unspecified atom stereocenters.